The summed E-state index contributed by atoms with van der Waals surface area (Å²) >= 11 is 3.46. The predicted octanol–water partition coefficient (Wildman–Crippen LogP) is 3.88. The Morgan fingerprint density at radius 3 is 2.46 bits per heavy atom. The van der Waals surface area contributed by atoms with Crippen LogP contribution in [0.5, 0.6) is 0 Å². The van der Waals surface area contributed by atoms with Crippen molar-refractivity contribution >= 4 is 15.9 Å². The van der Waals surface area contributed by atoms with E-state index in [9.17, 15) is 0 Å². The fourth-order valence-corrected chi connectivity index (χ4v) is 1.85. The number of alkyl halides is 1. The van der Waals surface area contributed by atoms with E-state index in [0.29, 0.717) is 0 Å². The lowest BCUT2D eigenvalue weighted by Crippen LogP contribution is -1.90. The summed E-state index contributed by atoms with van der Waals surface area (Å²) in [6.45, 7) is 4.39. The summed E-state index contributed by atoms with van der Waals surface area (Å²) in [6, 6.07) is 6.90. The lowest BCUT2D eigenvalue weighted by atomic mass is 10.0. The molecule has 0 saturated heterocycles. The normalized spacial score (nSPS) is 10.4. The van der Waals surface area contributed by atoms with Gasteiger partial charge in [-0.2, -0.15) is 0 Å². The highest BCUT2D eigenvalue weighted by Gasteiger charge is 1.96. The predicted molar refractivity (Wildman–Crippen MR) is 62.7 cm³/mol. The molecule has 0 amide bonds. The third-order valence-corrected chi connectivity index (χ3v) is 2.76. The van der Waals surface area contributed by atoms with Gasteiger partial charge in [0.2, 0.25) is 0 Å². The highest BCUT2D eigenvalue weighted by Crippen LogP contribution is 2.12. The molecule has 0 saturated carbocycles. The molecular weight excluding hydrogens is 224 g/mol. The zero-order valence-corrected chi connectivity index (χ0v) is 10.0. The highest BCUT2D eigenvalue weighted by atomic mass is 79.9. The first kappa shape index (κ1) is 10.8. The molecule has 0 nitrogen and oxygen atoms in total. The van der Waals surface area contributed by atoms with Crippen LogP contribution >= 0.6 is 15.9 Å². The van der Waals surface area contributed by atoms with Crippen LogP contribution < -0.4 is 0 Å². The van der Waals surface area contributed by atoms with Crippen molar-refractivity contribution < 1.29 is 0 Å². The Morgan fingerprint density at radius 1 is 1.15 bits per heavy atom. The van der Waals surface area contributed by atoms with Gasteiger partial charge in [-0.25, -0.2) is 0 Å². The van der Waals surface area contributed by atoms with Gasteiger partial charge < -0.3 is 0 Å². The average molecular weight is 241 g/mol. The molecule has 0 radical (unpaired) electrons. The van der Waals surface area contributed by atoms with Crippen molar-refractivity contribution in [3.63, 3.8) is 0 Å². The summed E-state index contributed by atoms with van der Waals surface area (Å²) < 4.78 is 0. The Balaban J connectivity index is 2.76. The number of aryl methyl sites for hydroxylation is 3. The van der Waals surface area contributed by atoms with Gasteiger partial charge in [0, 0.05) is 5.33 Å². The second-order valence-corrected chi connectivity index (χ2v) is 4.27. The van der Waals surface area contributed by atoms with E-state index in [1.807, 2.05) is 0 Å². The van der Waals surface area contributed by atoms with Gasteiger partial charge in [-0.1, -0.05) is 46.6 Å². The second-order valence-electron chi connectivity index (χ2n) is 3.47. The molecule has 0 aliphatic rings. The molecule has 0 fully saturated rings. The molecule has 13 heavy (non-hydrogen) atoms. The second kappa shape index (κ2) is 5.43. The maximum atomic E-state index is 3.46. The molecule has 1 aromatic rings. The number of hydrogen-bond acceptors (Lipinski definition) is 0. The SMILES string of the molecule is CCc1cc(C)cc(CCCBr)c1. The Labute approximate surface area is 89.5 Å². The number of rotatable bonds is 4. The van der Waals surface area contributed by atoms with Crippen molar-refractivity contribution in [3.8, 4) is 0 Å². The van der Waals surface area contributed by atoms with Gasteiger partial charge in [0.05, 0.1) is 0 Å². The fraction of sp³-hybridized carbons (Fsp3) is 0.500. The minimum absolute atomic E-state index is 1.10. The van der Waals surface area contributed by atoms with Gasteiger partial charge in [0.15, 0.2) is 0 Å². The highest BCUT2D eigenvalue weighted by molar-refractivity contribution is 9.09. The maximum Gasteiger partial charge on any atom is 0.00344 e. The van der Waals surface area contributed by atoms with Gasteiger partial charge in [0.1, 0.15) is 0 Å². The van der Waals surface area contributed by atoms with E-state index >= 15 is 0 Å². The third kappa shape index (κ3) is 3.51. The molecule has 0 atom stereocenters. The largest absolute Gasteiger partial charge is 0.0928 e. The standard InChI is InChI=1S/C12H17Br/c1-3-11-7-10(2)8-12(9-11)5-4-6-13/h7-9H,3-6H2,1-2H3. The Hall–Kier alpha value is -0.300. The van der Waals surface area contributed by atoms with Gasteiger partial charge in [0.25, 0.3) is 0 Å². The third-order valence-electron chi connectivity index (χ3n) is 2.20. The van der Waals surface area contributed by atoms with Crippen molar-refractivity contribution in [2.45, 2.75) is 33.1 Å². The molecule has 0 aliphatic carbocycles. The molecule has 0 aliphatic heterocycles. The zero-order chi connectivity index (χ0) is 9.68. The van der Waals surface area contributed by atoms with Crippen LogP contribution in [0.1, 0.15) is 30.0 Å². The van der Waals surface area contributed by atoms with Gasteiger partial charge in [-0.3, -0.25) is 0 Å². The summed E-state index contributed by atoms with van der Waals surface area (Å²) in [7, 11) is 0. The lowest BCUT2D eigenvalue weighted by molar-refractivity contribution is 0.931. The van der Waals surface area contributed by atoms with E-state index in [1.165, 1.54) is 29.5 Å². The summed E-state index contributed by atoms with van der Waals surface area (Å²) in [5, 5.41) is 1.10. The summed E-state index contributed by atoms with van der Waals surface area (Å²) in [5.41, 5.74) is 4.34. The van der Waals surface area contributed by atoms with Crippen molar-refractivity contribution in [2.75, 3.05) is 5.33 Å². The van der Waals surface area contributed by atoms with Crippen molar-refractivity contribution in [3.05, 3.63) is 34.9 Å². The van der Waals surface area contributed by atoms with E-state index in [0.717, 1.165) is 11.8 Å². The summed E-state index contributed by atoms with van der Waals surface area (Å²) in [6.07, 6.45) is 3.57. The first-order valence-corrected chi connectivity index (χ1v) is 6.03. The molecule has 0 unspecified atom stereocenters. The van der Waals surface area contributed by atoms with Crippen LogP contribution in [0.25, 0.3) is 0 Å². The van der Waals surface area contributed by atoms with E-state index in [2.05, 4.69) is 48.0 Å². The summed E-state index contributed by atoms with van der Waals surface area (Å²) in [5.74, 6) is 0. The minimum Gasteiger partial charge on any atom is -0.0928 e. The molecule has 0 heterocycles. The molecule has 72 valence electrons. The maximum absolute atomic E-state index is 3.46. The van der Waals surface area contributed by atoms with Gasteiger partial charge in [-0.05, 0) is 37.3 Å². The van der Waals surface area contributed by atoms with E-state index in [1.54, 1.807) is 0 Å². The Bertz CT molecular complexity index is 266. The quantitative estimate of drug-likeness (QED) is 0.701. The van der Waals surface area contributed by atoms with Gasteiger partial charge >= 0.3 is 0 Å². The van der Waals surface area contributed by atoms with Crippen LogP contribution in [-0.4, -0.2) is 5.33 Å². The van der Waals surface area contributed by atoms with Crippen LogP contribution in [0.3, 0.4) is 0 Å². The minimum atomic E-state index is 1.10. The molecule has 1 aromatic carbocycles. The molecule has 1 rings (SSSR count). The molecule has 0 spiro atoms. The molecular formula is C12H17Br. The Kier molecular flexibility index (Phi) is 4.51. The number of benzene rings is 1. The number of hydrogen-bond donors (Lipinski definition) is 0. The zero-order valence-electron chi connectivity index (χ0n) is 8.44. The fourth-order valence-electron chi connectivity index (χ4n) is 1.57. The van der Waals surface area contributed by atoms with Crippen molar-refractivity contribution in [2.24, 2.45) is 0 Å². The van der Waals surface area contributed by atoms with Crippen LogP contribution in [0, 0.1) is 6.92 Å². The first-order valence-electron chi connectivity index (χ1n) is 4.91. The van der Waals surface area contributed by atoms with E-state index in [-0.39, 0.29) is 0 Å². The Morgan fingerprint density at radius 2 is 1.85 bits per heavy atom. The van der Waals surface area contributed by atoms with E-state index < -0.39 is 0 Å². The summed E-state index contributed by atoms with van der Waals surface area (Å²) in [4.78, 5) is 0. The van der Waals surface area contributed by atoms with E-state index in [4.69, 9.17) is 0 Å². The van der Waals surface area contributed by atoms with Crippen molar-refractivity contribution in [1.82, 2.24) is 0 Å². The first-order chi connectivity index (χ1) is 6.26. The molecule has 0 N–H and O–H groups in total. The van der Waals surface area contributed by atoms with Crippen LogP contribution in [-0.2, 0) is 12.8 Å². The van der Waals surface area contributed by atoms with Crippen molar-refractivity contribution in [1.29, 1.82) is 0 Å². The monoisotopic (exact) mass is 240 g/mol. The van der Waals surface area contributed by atoms with Crippen LogP contribution in [0.2, 0.25) is 0 Å². The molecule has 0 aromatic heterocycles. The topological polar surface area (TPSA) is 0 Å². The number of halogens is 1. The van der Waals surface area contributed by atoms with Crippen LogP contribution in [0.4, 0.5) is 0 Å². The average Bonchev–Trinajstić information content (AvgIpc) is 2.14. The molecule has 0 bridgehead atoms. The van der Waals surface area contributed by atoms with Gasteiger partial charge in [-0.15, -0.1) is 0 Å². The smallest absolute Gasteiger partial charge is 0.00344 e. The van der Waals surface area contributed by atoms with Crippen LogP contribution in [0.15, 0.2) is 18.2 Å². The lowest BCUT2D eigenvalue weighted by Gasteiger charge is -2.05. The molecule has 1 heteroatoms.